The van der Waals surface area contributed by atoms with Crippen molar-refractivity contribution in [2.75, 3.05) is 23.5 Å². The number of amides is 2. The molecule has 4 rings (SSSR count). The number of phenols is 1. The largest absolute Gasteiger partial charge is 0.504 e. The molecule has 0 radical (unpaired) electrons. The van der Waals surface area contributed by atoms with Crippen LogP contribution in [0.1, 0.15) is 24.0 Å². The molecule has 4 N–H and O–H groups in total. The highest BCUT2D eigenvalue weighted by Crippen LogP contribution is 2.43. The topological polar surface area (TPSA) is 123 Å². The van der Waals surface area contributed by atoms with Crippen LogP contribution in [0.3, 0.4) is 0 Å². The molecule has 1 atom stereocenters. The molecule has 0 bridgehead atoms. The van der Waals surface area contributed by atoms with Crippen molar-refractivity contribution in [3.8, 4) is 17.6 Å². The highest BCUT2D eigenvalue weighted by molar-refractivity contribution is 8.03. The number of aryl methyl sites for hydroxylation is 1. The Hall–Kier alpha value is -4.68. The van der Waals surface area contributed by atoms with Crippen molar-refractivity contribution in [1.82, 2.24) is 5.32 Å². The number of hydrogen-bond donors (Lipinski definition) is 4. The molecule has 0 unspecified atom stereocenters. The number of hydrogen-bond acceptors (Lipinski definition) is 7. The van der Waals surface area contributed by atoms with E-state index in [1.54, 1.807) is 31.2 Å². The number of carbonyl (C=O) groups is 2. The standard InChI is InChI=1S/C30H28N4O4S/c1-18-9-7-8-12-23(18)34-26(36)17-39-30-22(16-31)28(20-13-14-24(35)25(15-20)38-3)27(19(2)32-30)29(37)33-21-10-5-4-6-11-21/h4-15,28,32,35H,17H2,1-3H3,(H,33,37)(H,34,36)/t28-/m0/s1. The number of allylic oxidation sites excluding steroid dienone is 2. The number of thioether (sulfide) groups is 1. The van der Waals surface area contributed by atoms with Gasteiger partial charge in [0.05, 0.1) is 35.5 Å². The molecule has 2 amide bonds. The van der Waals surface area contributed by atoms with Crippen LogP contribution in [0.5, 0.6) is 11.5 Å². The van der Waals surface area contributed by atoms with Gasteiger partial charge in [-0.25, -0.2) is 0 Å². The van der Waals surface area contributed by atoms with E-state index in [1.807, 2.05) is 49.4 Å². The van der Waals surface area contributed by atoms with Crippen molar-refractivity contribution in [1.29, 1.82) is 5.26 Å². The first-order chi connectivity index (χ1) is 18.8. The van der Waals surface area contributed by atoms with Gasteiger partial charge in [0.15, 0.2) is 11.5 Å². The minimum atomic E-state index is -0.767. The van der Waals surface area contributed by atoms with Gasteiger partial charge < -0.3 is 25.8 Å². The Balaban J connectivity index is 1.68. The zero-order valence-electron chi connectivity index (χ0n) is 21.7. The quantitative estimate of drug-likeness (QED) is 0.301. The molecule has 198 valence electrons. The van der Waals surface area contributed by atoms with E-state index in [4.69, 9.17) is 4.74 Å². The van der Waals surface area contributed by atoms with Crippen LogP contribution >= 0.6 is 11.8 Å². The summed E-state index contributed by atoms with van der Waals surface area (Å²) in [5.41, 5.74) is 4.03. The maximum absolute atomic E-state index is 13.6. The average molecular weight is 541 g/mol. The Morgan fingerprint density at radius 2 is 1.77 bits per heavy atom. The van der Waals surface area contributed by atoms with Gasteiger partial charge in [-0.15, -0.1) is 0 Å². The Bertz CT molecular complexity index is 1510. The summed E-state index contributed by atoms with van der Waals surface area (Å²) in [6.45, 7) is 3.67. The predicted molar refractivity (Wildman–Crippen MR) is 153 cm³/mol. The van der Waals surface area contributed by atoms with E-state index in [0.717, 1.165) is 11.3 Å². The number of aromatic hydroxyl groups is 1. The predicted octanol–water partition coefficient (Wildman–Crippen LogP) is 5.42. The van der Waals surface area contributed by atoms with Gasteiger partial charge in [-0.3, -0.25) is 9.59 Å². The van der Waals surface area contributed by atoms with Gasteiger partial charge in [0, 0.05) is 22.6 Å². The third-order valence-corrected chi connectivity index (χ3v) is 7.24. The second-order valence-electron chi connectivity index (χ2n) is 8.85. The van der Waals surface area contributed by atoms with E-state index >= 15 is 0 Å². The monoisotopic (exact) mass is 540 g/mol. The molecule has 0 aromatic heterocycles. The lowest BCUT2D eigenvalue weighted by Crippen LogP contribution is -2.31. The lowest BCUT2D eigenvalue weighted by molar-refractivity contribution is -0.114. The summed E-state index contributed by atoms with van der Waals surface area (Å²) in [5, 5.41) is 29.9. The minimum absolute atomic E-state index is 0.0479. The first-order valence-electron chi connectivity index (χ1n) is 12.2. The van der Waals surface area contributed by atoms with Gasteiger partial charge in [-0.1, -0.05) is 54.2 Å². The van der Waals surface area contributed by atoms with Gasteiger partial charge in [0.25, 0.3) is 5.91 Å². The first-order valence-corrected chi connectivity index (χ1v) is 13.1. The summed E-state index contributed by atoms with van der Waals surface area (Å²) in [4.78, 5) is 26.3. The molecule has 1 aliphatic rings. The molecular weight excluding hydrogens is 512 g/mol. The number of dihydropyridines is 1. The number of nitrogens with one attached hydrogen (secondary N) is 3. The van der Waals surface area contributed by atoms with E-state index in [2.05, 4.69) is 22.0 Å². The van der Waals surface area contributed by atoms with E-state index in [1.165, 1.54) is 24.9 Å². The Morgan fingerprint density at radius 1 is 1.05 bits per heavy atom. The van der Waals surface area contributed by atoms with Crippen molar-refractivity contribution in [3.05, 3.63) is 106 Å². The van der Waals surface area contributed by atoms with Gasteiger partial charge in [-0.2, -0.15) is 5.26 Å². The third kappa shape index (κ3) is 6.25. The summed E-state index contributed by atoms with van der Waals surface area (Å²) >= 11 is 1.18. The first kappa shape index (κ1) is 27.4. The van der Waals surface area contributed by atoms with Crippen LogP contribution in [0.4, 0.5) is 11.4 Å². The van der Waals surface area contributed by atoms with Crippen molar-refractivity contribution >= 4 is 35.0 Å². The van der Waals surface area contributed by atoms with Crippen LogP contribution in [-0.2, 0) is 9.59 Å². The van der Waals surface area contributed by atoms with Crippen LogP contribution < -0.4 is 20.7 Å². The summed E-state index contributed by atoms with van der Waals surface area (Å²) in [6, 6.07) is 23.5. The molecule has 0 saturated carbocycles. The van der Waals surface area contributed by atoms with Gasteiger partial charge in [0.2, 0.25) is 5.91 Å². The van der Waals surface area contributed by atoms with Crippen molar-refractivity contribution < 1.29 is 19.4 Å². The number of nitrogens with zero attached hydrogens (tertiary/aromatic N) is 1. The molecule has 8 nitrogen and oxygen atoms in total. The lowest BCUT2D eigenvalue weighted by atomic mass is 9.82. The number of ether oxygens (including phenoxy) is 1. The summed E-state index contributed by atoms with van der Waals surface area (Å²) in [5.74, 6) is -1.16. The highest BCUT2D eigenvalue weighted by Gasteiger charge is 2.35. The van der Waals surface area contributed by atoms with Gasteiger partial charge >= 0.3 is 0 Å². The lowest BCUT2D eigenvalue weighted by Gasteiger charge is -2.30. The molecule has 0 fully saturated rings. The summed E-state index contributed by atoms with van der Waals surface area (Å²) in [6.07, 6.45) is 0. The van der Waals surface area contributed by atoms with E-state index < -0.39 is 5.92 Å². The number of rotatable bonds is 8. The van der Waals surface area contributed by atoms with E-state index in [9.17, 15) is 20.0 Å². The van der Waals surface area contributed by atoms with Crippen molar-refractivity contribution in [3.63, 3.8) is 0 Å². The number of phenolic OH excluding ortho intramolecular Hbond substituents is 1. The van der Waals surface area contributed by atoms with Crippen LogP contribution in [0, 0.1) is 18.3 Å². The Morgan fingerprint density at radius 3 is 2.46 bits per heavy atom. The summed E-state index contributed by atoms with van der Waals surface area (Å²) < 4.78 is 5.30. The molecule has 1 aliphatic heterocycles. The second kappa shape index (κ2) is 12.2. The Kier molecular flexibility index (Phi) is 8.59. The smallest absolute Gasteiger partial charge is 0.254 e. The molecule has 0 saturated heterocycles. The van der Waals surface area contributed by atoms with Crippen molar-refractivity contribution in [2.24, 2.45) is 0 Å². The van der Waals surface area contributed by atoms with Crippen molar-refractivity contribution in [2.45, 2.75) is 19.8 Å². The number of nitriles is 1. The van der Waals surface area contributed by atoms with Crippen LogP contribution in [0.25, 0.3) is 0 Å². The highest BCUT2D eigenvalue weighted by atomic mass is 32.2. The number of benzene rings is 3. The average Bonchev–Trinajstić information content (AvgIpc) is 2.93. The maximum Gasteiger partial charge on any atom is 0.254 e. The molecule has 0 spiro atoms. The molecule has 0 aliphatic carbocycles. The number of methoxy groups -OCH3 is 1. The molecule has 1 heterocycles. The number of para-hydroxylation sites is 2. The Labute approximate surface area is 231 Å². The van der Waals surface area contributed by atoms with Crippen LogP contribution in [0.2, 0.25) is 0 Å². The summed E-state index contributed by atoms with van der Waals surface area (Å²) in [7, 11) is 1.43. The molecular formula is C30H28N4O4S. The molecule has 39 heavy (non-hydrogen) atoms. The van der Waals surface area contributed by atoms with Crippen LogP contribution in [0.15, 0.2) is 94.7 Å². The second-order valence-corrected chi connectivity index (χ2v) is 9.84. The van der Waals surface area contributed by atoms with E-state index in [0.29, 0.717) is 27.6 Å². The van der Waals surface area contributed by atoms with Crippen LogP contribution in [-0.4, -0.2) is 29.8 Å². The SMILES string of the molecule is COc1cc([C@H]2C(C#N)=C(SCC(=O)Nc3ccccc3C)NC(C)=C2C(=O)Nc2ccccc2)ccc1O. The third-order valence-electron chi connectivity index (χ3n) is 6.23. The zero-order valence-corrected chi connectivity index (χ0v) is 22.6. The minimum Gasteiger partial charge on any atom is -0.504 e. The maximum atomic E-state index is 13.6. The van der Waals surface area contributed by atoms with Gasteiger partial charge in [-0.05, 0) is 55.3 Å². The number of anilines is 2. The molecule has 3 aromatic carbocycles. The number of carbonyl (C=O) groups excluding carboxylic acids is 2. The van der Waals surface area contributed by atoms with E-state index in [-0.39, 0.29) is 34.6 Å². The fraction of sp³-hybridized carbons (Fsp3) is 0.167. The van der Waals surface area contributed by atoms with Gasteiger partial charge in [0.1, 0.15) is 0 Å². The zero-order chi connectivity index (χ0) is 27.9. The molecule has 3 aromatic rings. The normalized spacial score (nSPS) is 14.8. The molecule has 9 heteroatoms. The fourth-order valence-electron chi connectivity index (χ4n) is 4.29. The fourth-order valence-corrected chi connectivity index (χ4v) is 5.18.